The van der Waals surface area contributed by atoms with Gasteiger partial charge >= 0.3 is 13.2 Å². The van der Waals surface area contributed by atoms with Crippen LogP contribution in [-0.4, -0.2) is 47.5 Å². The molecular formula is C28H29BBrN3O4. The quantitative estimate of drug-likeness (QED) is 0.383. The molecule has 0 saturated carbocycles. The van der Waals surface area contributed by atoms with Crippen LogP contribution < -0.4 is 5.32 Å². The summed E-state index contributed by atoms with van der Waals surface area (Å²) in [6, 6.07) is 16.5. The molecule has 0 bridgehead atoms. The van der Waals surface area contributed by atoms with Gasteiger partial charge in [0.25, 0.3) is 0 Å². The van der Waals surface area contributed by atoms with E-state index in [2.05, 4.69) is 55.5 Å². The Bertz CT molecular complexity index is 1280. The summed E-state index contributed by atoms with van der Waals surface area (Å²) in [5, 5.41) is 2.86. The van der Waals surface area contributed by atoms with Crippen molar-refractivity contribution < 1.29 is 18.8 Å². The molecule has 0 atom stereocenters. The van der Waals surface area contributed by atoms with E-state index in [9.17, 15) is 4.79 Å². The first-order valence-electron chi connectivity index (χ1n) is 12.3. The molecule has 1 aliphatic heterocycles. The SMILES string of the molecule is CC1(C)OB(C(=Cc2ncc(Br)cn2)CNC(=O)OCC2c3ccccc3-c3ccccc32)OC1(C)C. The van der Waals surface area contributed by atoms with E-state index in [0.717, 1.165) is 4.47 Å². The molecule has 1 aliphatic carbocycles. The average molecular weight is 562 g/mol. The van der Waals surface area contributed by atoms with E-state index in [1.54, 1.807) is 18.5 Å². The number of alkyl carbamates (subject to hydrolysis) is 1. The summed E-state index contributed by atoms with van der Waals surface area (Å²) in [6.45, 7) is 8.34. The Kier molecular flexibility index (Phi) is 6.96. The number of hydrogen-bond donors (Lipinski definition) is 1. The molecule has 2 heterocycles. The van der Waals surface area contributed by atoms with Gasteiger partial charge in [0.15, 0.2) is 5.82 Å². The third-order valence-corrected chi connectivity index (χ3v) is 7.70. The third-order valence-electron chi connectivity index (χ3n) is 7.29. The number of nitrogens with one attached hydrogen (secondary N) is 1. The fourth-order valence-electron chi connectivity index (χ4n) is 4.58. The van der Waals surface area contributed by atoms with Crippen LogP contribution in [0.15, 0.2) is 70.9 Å². The van der Waals surface area contributed by atoms with Crippen LogP contribution in [0.4, 0.5) is 4.79 Å². The number of rotatable bonds is 6. The number of aromatic nitrogens is 2. The Hall–Kier alpha value is -3.01. The molecule has 1 fully saturated rings. The summed E-state index contributed by atoms with van der Waals surface area (Å²) < 4.78 is 18.9. The van der Waals surface area contributed by atoms with Crippen molar-refractivity contribution in [1.82, 2.24) is 15.3 Å². The lowest BCUT2D eigenvalue weighted by Gasteiger charge is -2.32. The summed E-state index contributed by atoms with van der Waals surface area (Å²) >= 11 is 3.35. The Labute approximate surface area is 225 Å². The minimum Gasteiger partial charge on any atom is -0.449 e. The van der Waals surface area contributed by atoms with E-state index in [-0.39, 0.29) is 19.1 Å². The number of ether oxygens (including phenoxy) is 1. The van der Waals surface area contributed by atoms with E-state index < -0.39 is 24.4 Å². The van der Waals surface area contributed by atoms with Crippen LogP contribution in [0.5, 0.6) is 0 Å². The molecule has 1 amide bonds. The molecular weight excluding hydrogens is 533 g/mol. The number of hydrogen-bond acceptors (Lipinski definition) is 6. The Morgan fingerprint density at radius 1 is 1.00 bits per heavy atom. The van der Waals surface area contributed by atoms with Crippen LogP contribution in [0.1, 0.15) is 50.6 Å². The minimum atomic E-state index is -0.661. The van der Waals surface area contributed by atoms with Gasteiger partial charge in [0, 0.05) is 24.9 Å². The molecule has 7 nitrogen and oxygen atoms in total. The van der Waals surface area contributed by atoms with Crippen molar-refractivity contribution in [3.63, 3.8) is 0 Å². The lowest BCUT2D eigenvalue weighted by molar-refractivity contribution is 0.00578. The highest BCUT2D eigenvalue weighted by Crippen LogP contribution is 2.44. The van der Waals surface area contributed by atoms with E-state index in [1.807, 2.05) is 52.0 Å². The molecule has 9 heteroatoms. The van der Waals surface area contributed by atoms with Crippen molar-refractivity contribution in [2.75, 3.05) is 13.2 Å². The lowest BCUT2D eigenvalue weighted by atomic mass is 9.77. The predicted octanol–water partition coefficient (Wildman–Crippen LogP) is 5.79. The van der Waals surface area contributed by atoms with Crippen LogP contribution in [0, 0.1) is 0 Å². The zero-order valence-corrected chi connectivity index (χ0v) is 22.9. The van der Waals surface area contributed by atoms with E-state index >= 15 is 0 Å². The van der Waals surface area contributed by atoms with E-state index in [0.29, 0.717) is 11.3 Å². The number of fused-ring (bicyclic) bond motifs is 3. The fraction of sp³-hybridized carbons (Fsp3) is 0.321. The maximum Gasteiger partial charge on any atom is 0.492 e. The lowest BCUT2D eigenvalue weighted by Crippen LogP contribution is -2.41. The second-order valence-electron chi connectivity index (χ2n) is 10.2. The molecule has 2 aliphatic rings. The van der Waals surface area contributed by atoms with Gasteiger partial charge in [-0.1, -0.05) is 48.5 Å². The maximum absolute atomic E-state index is 12.8. The van der Waals surface area contributed by atoms with Gasteiger partial charge in [-0.25, -0.2) is 14.8 Å². The van der Waals surface area contributed by atoms with Crippen LogP contribution in [0.25, 0.3) is 17.2 Å². The topological polar surface area (TPSA) is 82.6 Å². The van der Waals surface area contributed by atoms with Gasteiger partial charge in [0.2, 0.25) is 0 Å². The highest BCUT2D eigenvalue weighted by molar-refractivity contribution is 9.10. The first-order valence-corrected chi connectivity index (χ1v) is 13.1. The Morgan fingerprint density at radius 2 is 1.54 bits per heavy atom. The van der Waals surface area contributed by atoms with E-state index in [1.165, 1.54) is 22.3 Å². The smallest absolute Gasteiger partial charge is 0.449 e. The summed E-state index contributed by atoms with van der Waals surface area (Å²) in [6.07, 6.45) is 4.60. The van der Waals surface area contributed by atoms with Gasteiger partial charge in [-0.15, -0.1) is 0 Å². The molecule has 1 saturated heterocycles. The zero-order chi connectivity index (χ0) is 26.2. The van der Waals surface area contributed by atoms with Crippen molar-refractivity contribution in [2.24, 2.45) is 0 Å². The molecule has 190 valence electrons. The third kappa shape index (κ3) is 5.21. The second-order valence-corrected chi connectivity index (χ2v) is 11.2. The highest BCUT2D eigenvalue weighted by atomic mass is 79.9. The van der Waals surface area contributed by atoms with Crippen molar-refractivity contribution in [2.45, 2.75) is 44.8 Å². The zero-order valence-electron chi connectivity index (χ0n) is 21.3. The molecule has 5 rings (SSSR count). The van der Waals surface area contributed by atoms with Crippen molar-refractivity contribution in [3.8, 4) is 11.1 Å². The van der Waals surface area contributed by atoms with Gasteiger partial charge in [-0.2, -0.15) is 0 Å². The van der Waals surface area contributed by atoms with Gasteiger partial charge in [0.05, 0.1) is 15.7 Å². The second kappa shape index (κ2) is 10.0. The van der Waals surface area contributed by atoms with E-state index in [4.69, 9.17) is 14.0 Å². The Morgan fingerprint density at radius 3 is 2.11 bits per heavy atom. The van der Waals surface area contributed by atoms with Crippen molar-refractivity contribution in [1.29, 1.82) is 0 Å². The number of carbonyl (C=O) groups is 1. The Balaban J connectivity index is 1.29. The summed E-state index contributed by atoms with van der Waals surface area (Å²) in [4.78, 5) is 21.5. The standard InChI is InChI=1S/C28H29BBrN3O4/c1-27(2)28(3,4)37-29(36-27)18(13-25-31-15-19(30)16-32-25)14-33-26(34)35-17-24-22-11-7-5-9-20(22)21-10-6-8-12-23(21)24/h5-13,15-16,24H,14,17H2,1-4H3,(H,33,34). The molecule has 0 spiro atoms. The molecule has 0 radical (unpaired) electrons. The summed E-state index contributed by atoms with van der Waals surface area (Å²) in [7, 11) is -0.661. The summed E-state index contributed by atoms with van der Waals surface area (Å²) in [5.41, 5.74) is 4.35. The predicted molar refractivity (Wildman–Crippen MR) is 147 cm³/mol. The number of nitrogens with zero attached hydrogens (tertiary/aromatic N) is 2. The molecule has 2 aromatic carbocycles. The normalized spacial score (nSPS) is 17.9. The van der Waals surface area contributed by atoms with Crippen molar-refractivity contribution in [3.05, 3.63) is 87.8 Å². The number of halogens is 1. The van der Waals surface area contributed by atoms with Crippen LogP contribution in [-0.2, 0) is 14.0 Å². The molecule has 37 heavy (non-hydrogen) atoms. The van der Waals surface area contributed by atoms with Gasteiger partial charge in [-0.05, 0) is 77.4 Å². The van der Waals surface area contributed by atoms with Crippen LogP contribution >= 0.6 is 15.9 Å². The largest absolute Gasteiger partial charge is 0.492 e. The fourth-order valence-corrected chi connectivity index (χ4v) is 4.79. The highest BCUT2D eigenvalue weighted by Gasteiger charge is 2.52. The molecule has 1 N–H and O–H groups in total. The first-order chi connectivity index (χ1) is 17.6. The van der Waals surface area contributed by atoms with Crippen LogP contribution in [0.2, 0.25) is 0 Å². The molecule has 3 aromatic rings. The maximum atomic E-state index is 12.8. The number of benzene rings is 2. The van der Waals surface area contributed by atoms with Gasteiger partial charge < -0.3 is 19.4 Å². The molecule has 1 aromatic heterocycles. The van der Waals surface area contributed by atoms with Crippen molar-refractivity contribution >= 4 is 35.2 Å². The minimum absolute atomic E-state index is 0.00701. The summed E-state index contributed by atoms with van der Waals surface area (Å²) in [5.74, 6) is 0.481. The van der Waals surface area contributed by atoms with Crippen LogP contribution in [0.3, 0.4) is 0 Å². The van der Waals surface area contributed by atoms with Gasteiger partial charge in [0.1, 0.15) is 6.61 Å². The molecule has 0 unspecified atom stereocenters. The first kappa shape index (κ1) is 25.6. The monoisotopic (exact) mass is 561 g/mol. The number of carbonyl (C=O) groups excluding carboxylic acids is 1. The number of amides is 1. The average Bonchev–Trinajstić information content (AvgIpc) is 3.30. The van der Waals surface area contributed by atoms with Gasteiger partial charge in [-0.3, -0.25) is 0 Å².